The van der Waals surface area contributed by atoms with Crippen molar-refractivity contribution in [2.45, 2.75) is 65.7 Å². The Bertz CT molecular complexity index is 560. The Morgan fingerprint density at radius 3 is 2.73 bits per heavy atom. The summed E-state index contributed by atoms with van der Waals surface area (Å²) in [6.45, 7) is 6.70. The Morgan fingerprint density at radius 1 is 1.09 bits per heavy atom. The number of hydrogen-bond donors (Lipinski definition) is 0. The second kappa shape index (κ2) is 8.66. The van der Waals surface area contributed by atoms with Gasteiger partial charge in [-0.1, -0.05) is 52.2 Å². The molecule has 0 aliphatic heterocycles. The molecule has 0 fully saturated rings. The summed E-state index contributed by atoms with van der Waals surface area (Å²) in [6.07, 6.45) is 8.34. The van der Waals surface area contributed by atoms with E-state index in [-0.39, 0.29) is 0 Å². The Hall–Kier alpha value is -1.71. The standard InChI is InChI=1S/C18H28N4/c1-4-5-6-7-9-16-10-8-11-17(14-16)22-18(19-20-21-22)13-12-15(2)3/h8,10-11,14-15H,4-7,9,12-13H2,1-3H3. The number of unbranched alkanes of at least 4 members (excludes halogenated alkanes) is 3. The second-order valence-electron chi connectivity index (χ2n) is 6.42. The first-order valence-corrected chi connectivity index (χ1v) is 8.57. The fourth-order valence-electron chi connectivity index (χ4n) is 2.58. The molecular weight excluding hydrogens is 272 g/mol. The largest absolute Gasteiger partial charge is 0.197 e. The van der Waals surface area contributed by atoms with Gasteiger partial charge in [-0.15, -0.1) is 5.10 Å². The molecule has 1 aromatic heterocycles. The number of tetrazole rings is 1. The Balaban J connectivity index is 2.04. The maximum absolute atomic E-state index is 4.18. The van der Waals surface area contributed by atoms with Gasteiger partial charge in [-0.3, -0.25) is 0 Å². The minimum Gasteiger partial charge on any atom is -0.197 e. The molecule has 0 aliphatic rings. The second-order valence-corrected chi connectivity index (χ2v) is 6.42. The van der Waals surface area contributed by atoms with Gasteiger partial charge in [-0.25, -0.2) is 0 Å². The van der Waals surface area contributed by atoms with Crippen LogP contribution in [0, 0.1) is 5.92 Å². The Labute approximate surface area is 133 Å². The molecule has 4 heteroatoms. The summed E-state index contributed by atoms with van der Waals surface area (Å²) in [5.74, 6) is 1.62. The molecule has 0 N–H and O–H groups in total. The van der Waals surface area contributed by atoms with E-state index in [1.807, 2.05) is 4.68 Å². The van der Waals surface area contributed by atoms with Crippen molar-refractivity contribution in [3.63, 3.8) is 0 Å². The number of rotatable bonds is 9. The van der Waals surface area contributed by atoms with Crippen molar-refractivity contribution in [2.24, 2.45) is 5.92 Å². The molecule has 0 spiro atoms. The SMILES string of the molecule is CCCCCCc1cccc(-n2nnnc2CCC(C)C)c1. The third kappa shape index (κ3) is 4.93. The topological polar surface area (TPSA) is 43.6 Å². The lowest BCUT2D eigenvalue weighted by Crippen LogP contribution is -2.05. The number of aryl methyl sites for hydroxylation is 2. The van der Waals surface area contributed by atoms with Gasteiger partial charge >= 0.3 is 0 Å². The molecule has 0 radical (unpaired) electrons. The van der Waals surface area contributed by atoms with Crippen LogP contribution in [0.4, 0.5) is 0 Å². The van der Waals surface area contributed by atoms with Crippen molar-refractivity contribution >= 4 is 0 Å². The highest BCUT2D eigenvalue weighted by Gasteiger charge is 2.09. The van der Waals surface area contributed by atoms with Gasteiger partial charge in [-0.2, -0.15) is 4.68 Å². The van der Waals surface area contributed by atoms with E-state index < -0.39 is 0 Å². The summed E-state index contributed by atoms with van der Waals surface area (Å²) in [4.78, 5) is 0. The molecule has 120 valence electrons. The summed E-state index contributed by atoms with van der Waals surface area (Å²) in [7, 11) is 0. The van der Waals surface area contributed by atoms with Crippen LogP contribution < -0.4 is 0 Å². The van der Waals surface area contributed by atoms with Crippen LogP contribution in [0.3, 0.4) is 0 Å². The van der Waals surface area contributed by atoms with E-state index in [1.165, 1.54) is 31.2 Å². The fourth-order valence-corrected chi connectivity index (χ4v) is 2.58. The first-order chi connectivity index (χ1) is 10.7. The van der Waals surface area contributed by atoms with Crippen molar-refractivity contribution in [3.05, 3.63) is 35.7 Å². The molecule has 0 atom stereocenters. The Morgan fingerprint density at radius 2 is 1.95 bits per heavy atom. The highest BCUT2D eigenvalue weighted by molar-refractivity contribution is 5.35. The monoisotopic (exact) mass is 300 g/mol. The van der Waals surface area contributed by atoms with E-state index in [9.17, 15) is 0 Å². The smallest absolute Gasteiger partial charge is 0.156 e. The summed E-state index contributed by atoms with van der Waals surface area (Å²) in [6, 6.07) is 8.62. The predicted molar refractivity (Wildman–Crippen MR) is 90.2 cm³/mol. The van der Waals surface area contributed by atoms with Crippen LogP contribution in [0.15, 0.2) is 24.3 Å². The first kappa shape index (κ1) is 16.7. The zero-order chi connectivity index (χ0) is 15.8. The number of aromatic nitrogens is 4. The van der Waals surface area contributed by atoms with E-state index in [0.29, 0.717) is 5.92 Å². The Kier molecular flexibility index (Phi) is 6.56. The van der Waals surface area contributed by atoms with Crippen molar-refractivity contribution in [1.82, 2.24) is 20.2 Å². The molecule has 1 heterocycles. The average molecular weight is 300 g/mol. The maximum Gasteiger partial charge on any atom is 0.156 e. The third-order valence-corrected chi connectivity index (χ3v) is 3.95. The molecule has 0 bridgehead atoms. The van der Waals surface area contributed by atoms with Crippen LogP contribution >= 0.6 is 0 Å². The highest BCUT2D eigenvalue weighted by atomic mass is 15.5. The first-order valence-electron chi connectivity index (χ1n) is 8.57. The van der Waals surface area contributed by atoms with E-state index in [4.69, 9.17) is 0 Å². The number of hydrogen-bond acceptors (Lipinski definition) is 3. The summed E-state index contributed by atoms with van der Waals surface area (Å²) >= 11 is 0. The van der Waals surface area contributed by atoms with Crippen LogP contribution in [0.5, 0.6) is 0 Å². The van der Waals surface area contributed by atoms with Crippen molar-refractivity contribution in [1.29, 1.82) is 0 Å². The van der Waals surface area contributed by atoms with Crippen LogP contribution in [0.1, 0.15) is 64.3 Å². The molecule has 0 saturated carbocycles. The van der Waals surface area contributed by atoms with Gasteiger partial charge in [-0.05, 0) is 53.3 Å². The molecule has 0 amide bonds. The normalized spacial score (nSPS) is 11.3. The van der Waals surface area contributed by atoms with Crippen molar-refractivity contribution in [3.8, 4) is 5.69 Å². The fraction of sp³-hybridized carbons (Fsp3) is 0.611. The minimum atomic E-state index is 0.662. The maximum atomic E-state index is 4.18. The van der Waals surface area contributed by atoms with E-state index in [1.54, 1.807) is 0 Å². The van der Waals surface area contributed by atoms with Gasteiger partial charge in [0.1, 0.15) is 0 Å². The van der Waals surface area contributed by atoms with E-state index in [0.717, 1.165) is 30.8 Å². The lowest BCUT2D eigenvalue weighted by atomic mass is 10.1. The molecule has 0 saturated heterocycles. The molecule has 22 heavy (non-hydrogen) atoms. The number of nitrogens with zero attached hydrogens (tertiary/aromatic N) is 4. The van der Waals surface area contributed by atoms with Crippen LogP contribution in [0.2, 0.25) is 0 Å². The molecule has 0 unspecified atom stereocenters. The van der Waals surface area contributed by atoms with Gasteiger partial charge in [0.15, 0.2) is 5.82 Å². The molecule has 1 aromatic carbocycles. The van der Waals surface area contributed by atoms with Crippen molar-refractivity contribution < 1.29 is 0 Å². The summed E-state index contributed by atoms with van der Waals surface area (Å²) in [5, 5.41) is 12.2. The minimum absolute atomic E-state index is 0.662. The van der Waals surface area contributed by atoms with Gasteiger partial charge < -0.3 is 0 Å². The lowest BCUT2D eigenvalue weighted by Gasteiger charge is -2.08. The van der Waals surface area contributed by atoms with Gasteiger partial charge in [0.05, 0.1) is 5.69 Å². The highest BCUT2D eigenvalue weighted by Crippen LogP contribution is 2.15. The average Bonchev–Trinajstić information content (AvgIpc) is 2.98. The van der Waals surface area contributed by atoms with Gasteiger partial charge in [0, 0.05) is 6.42 Å². The quantitative estimate of drug-likeness (QED) is 0.646. The third-order valence-electron chi connectivity index (χ3n) is 3.95. The molecule has 2 rings (SSSR count). The van der Waals surface area contributed by atoms with Gasteiger partial charge in [0.25, 0.3) is 0 Å². The van der Waals surface area contributed by atoms with E-state index >= 15 is 0 Å². The molecule has 2 aromatic rings. The van der Waals surface area contributed by atoms with Crippen molar-refractivity contribution in [2.75, 3.05) is 0 Å². The molecule has 0 aliphatic carbocycles. The van der Waals surface area contributed by atoms with Crippen LogP contribution in [0.25, 0.3) is 5.69 Å². The van der Waals surface area contributed by atoms with Crippen LogP contribution in [-0.4, -0.2) is 20.2 Å². The molecule has 4 nitrogen and oxygen atoms in total. The number of benzene rings is 1. The van der Waals surface area contributed by atoms with Gasteiger partial charge in [0.2, 0.25) is 0 Å². The zero-order valence-electron chi connectivity index (χ0n) is 14.1. The summed E-state index contributed by atoms with van der Waals surface area (Å²) < 4.78 is 1.89. The summed E-state index contributed by atoms with van der Waals surface area (Å²) in [5.41, 5.74) is 2.45. The predicted octanol–water partition coefficient (Wildman–Crippen LogP) is 4.37. The molecular formula is C18H28N4. The zero-order valence-corrected chi connectivity index (χ0v) is 14.1. The van der Waals surface area contributed by atoms with E-state index in [2.05, 4.69) is 60.6 Å². The lowest BCUT2D eigenvalue weighted by molar-refractivity contribution is 0.567. The van der Waals surface area contributed by atoms with Crippen LogP contribution in [-0.2, 0) is 12.8 Å².